The van der Waals surface area contributed by atoms with Gasteiger partial charge in [-0.3, -0.25) is 4.79 Å². The molecule has 0 saturated heterocycles. The number of benzene rings is 1. The second-order valence-corrected chi connectivity index (χ2v) is 5.59. The van der Waals surface area contributed by atoms with Crippen LogP contribution in [-0.4, -0.2) is 26.5 Å². The molecule has 0 aliphatic carbocycles. The number of carbonyl (C=O) groups is 1. The number of ketones is 1. The third-order valence-electron chi connectivity index (χ3n) is 3.96. The average Bonchev–Trinajstić information content (AvgIpc) is 2.49. The molecule has 0 amide bonds. The summed E-state index contributed by atoms with van der Waals surface area (Å²) in [4.78, 5) is 12.6. The highest BCUT2D eigenvalue weighted by Crippen LogP contribution is 2.30. The molecule has 3 nitrogen and oxygen atoms in total. The molecule has 0 bridgehead atoms. The molecular weight excluding hydrogens is 262 g/mol. The first-order chi connectivity index (χ1) is 10.2. The van der Waals surface area contributed by atoms with E-state index < -0.39 is 0 Å². The van der Waals surface area contributed by atoms with Crippen LogP contribution in [0.25, 0.3) is 0 Å². The van der Waals surface area contributed by atoms with Crippen LogP contribution in [0.3, 0.4) is 0 Å². The zero-order valence-electron chi connectivity index (χ0n) is 13.8. The second-order valence-electron chi connectivity index (χ2n) is 5.59. The lowest BCUT2D eigenvalue weighted by atomic mass is 9.80. The van der Waals surface area contributed by atoms with Crippen LogP contribution in [-0.2, 0) is 16.1 Å². The SMILES string of the molecule is CCCC(=O)C(c1ccc(COC)cc1)C(CC)CNC. The Morgan fingerprint density at radius 2 is 1.90 bits per heavy atom. The third-order valence-corrected chi connectivity index (χ3v) is 3.96. The molecule has 0 aliphatic rings. The predicted octanol–water partition coefficient (Wildman–Crippen LogP) is 3.53. The van der Waals surface area contributed by atoms with E-state index >= 15 is 0 Å². The maximum Gasteiger partial charge on any atom is 0.140 e. The fourth-order valence-corrected chi connectivity index (χ4v) is 2.87. The highest BCUT2D eigenvalue weighted by atomic mass is 16.5. The lowest BCUT2D eigenvalue weighted by molar-refractivity contribution is -0.121. The molecule has 1 N–H and O–H groups in total. The van der Waals surface area contributed by atoms with Crippen molar-refractivity contribution in [2.75, 3.05) is 20.7 Å². The van der Waals surface area contributed by atoms with Gasteiger partial charge in [-0.15, -0.1) is 0 Å². The quantitative estimate of drug-likeness (QED) is 0.716. The van der Waals surface area contributed by atoms with Gasteiger partial charge in [0.25, 0.3) is 0 Å². The number of methoxy groups -OCH3 is 1. The zero-order valence-corrected chi connectivity index (χ0v) is 13.8. The average molecular weight is 291 g/mol. The normalized spacial score (nSPS) is 13.9. The number of ether oxygens (including phenoxy) is 1. The third kappa shape index (κ3) is 5.25. The summed E-state index contributed by atoms with van der Waals surface area (Å²) in [6.45, 7) is 5.71. The van der Waals surface area contributed by atoms with Gasteiger partial charge in [-0.2, -0.15) is 0 Å². The van der Waals surface area contributed by atoms with E-state index in [4.69, 9.17) is 4.74 Å². The van der Waals surface area contributed by atoms with Crippen molar-refractivity contribution < 1.29 is 9.53 Å². The topological polar surface area (TPSA) is 38.3 Å². The van der Waals surface area contributed by atoms with E-state index in [1.165, 1.54) is 0 Å². The molecular formula is C18H29NO2. The molecule has 21 heavy (non-hydrogen) atoms. The lowest BCUT2D eigenvalue weighted by Crippen LogP contribution is -2.29. The summed E-state index contributed by atoms with van der Waals surface area (Å²) < 4.78 is 5.14. The van der Waals surface area contributed by atoms with Crippen molar-refractivity contribution >= 4 is 5.78 Å². The number of hydrogen-bond acceptors (Lipinski definition) is 3. The monoisotopic (exact) mass is 291 g/mol. The second kappa shape index (κ2) is 9.69. The summed E-state index contributed by atoms with van der Waals surface area (Å²) in [5.41, 5.74) is 2.28. The molecule has 0 aliphatic heterocycles. The molecule has 3 heteroatoms. The van der Waals surface area contributed by atoms with Crippen molar-refractivity contribution in [1.29, 1.82) is 0 Å². The van der Waals surface area contributed by atoms with E-state index in [9.17, 15) is 4.79 Å². The Morgan fingerprint density at radius 3 is 2.38 bits per heavy atom. The molecule has 1 aromatic carbocycles. The minimum atomic E-state index is -0.000931. The van der Waals surface area contributed by atoms with Gasteiger partial charge in [0.05, 0.1) is 6.61 Å². The number of carbonyl (C=O) groups excluding carboxylic acids is 1. The van der Waals surface area contributed by atoms with E-state index in [0.717, 1.165) is 30.5 Å². The van der Waals surface area contributed by atoms with Gasteiger partial charge < -0.3 is 10.1 Å². The Hall–Kier alpha value is -1.19. The molecule has 1 rings (SSSR count). The van der Waals surface area contributed by atoms with Crippen LogP contribution in [0.4, 0.5) is 0 Å². The molecule has 0 saturated carbocycles. The van der Waals surface area contributed by atoms with Crippen LogP contribution >= 0.6 is 0 Å². The first kappa shape index (κ1) is 17.9. The number of hydrogen-bond donors (Lipinski definition) is 1. The standard InChI is InChI=1S/C18H29NO2/c1-5-7-17(20)18(15(6-2)12-19-3)16-10-8-14(9-11-16)13-21-4/h8-11,15,18-19H,5-7,12-13H2,1-4H3. The number of nitrogens with one attached hydrogen (secondary N) is 1. The Bertz CT molecular complexity index is 414. The molecule has 0 heterocycles. The van der Waals surface area contributed by atoms with E-state index in [-0.39, 0.29) is 5.92 Å². The van der Waals surface area contributed by atoms with Crippen LogP contribution in [0.1, 0.15) is 50.2 Å². The largest absolute Gasteiger partial charge is 0.380 e. The Kier molecular flexibility index (Phi) is 8.24. The minimum absolute atomic E-state index is 0.000931. The van der Waals surface area contributed by atoms with Crippen LogP contribution in [0.15, 0.2) is 24.3 Å². The van der Waals surface area contributed by atoms with E-state index in [1.807, 2.05) is 7.05 Å². The summed E-state index contributed by atoms with van der Waals surface area (Å²) in [6.07, 6.45) is 2.57. The van der Waals surface area contributed by atoms with Crippen LogP contribution in [0.5, 0.6) is 0 Å². The van der Waals surface area contributed by atoms with Crippen molar-refractivity contribution in [2.45, 2.75) is 45.6 Å². The van der Waals surface area contributed by atoms with Gasteiger partial charge in [-0.25, -0.2) is 0 Å². The molecule has 2 atom stereocenters. The first-order valence-corrected chi connectivity index (χ1v) is 7.92. The highest BCUT2D eigenvalue weighted by molar-refractivity contribution is 5.86. The number of Topliss-reactive ketones (excluding diaryl/α,β-unsaturated/α-hetero) is 1. The zero-order chi connectivity index (χ0) is 15.7. The van der Waals surface area contributed by atoms with Crippen LogP contribution in [0, 0.1) is 5.92 Å². The van der Waals surface area contributed by atoms with Gasteiger partial charge in [0.15, 0.2) is 0 Å². The van der Waals surface area contributed by atoms with Gasteiger partial charge >= 0.3 is 0 Å². The molecule has 118 valence electrons. The van der Waals surface area contributed by atoms with Gasteiger partial charge in [0.2, 0.25) is 0 Å². The first-order valence-electron chi connectivity index (χ1n) is 7.92. The van der Waals surface area contributed by atoms with Gasteiger partial charge in [0.1, 0.15) is 5.78 Å². The summed E-state index contributed by atoms with van der Waals surface area (Å²) in [5.74, 6) is 0.709. The number of rotatable bonds is 10. The summed E-state index contributed by atoms with van der Waals surface area (Å²) >= 11 is 0. The van der Waals surface area contributed by atoms with Gasteiger partial charge in [-0.05, 0) is 37.1 Å². The fourth-order valence-electron chi connectivity index (χ4n) is 2.87. The Balaban J connectivity index is 3.01. The van der Waals surface area contributed by atoms with Crippen LogP contribution < -0.4 is 5.32 Å². The van der Waals surface area contributed by atoms with Crippen molar-refractivity contribution in [3.8, 4) is 0 Å². The highest BCUT2D eigenvalue weighted by Gasteiger charge is 2.27. The predicted molar refractivity (Wildman–Crippen MR) is 87.5 cm³/mol. The van der Waals surface area contributed by atoms with Crippen LogP contribution in [0.2, 0.25) is 0 Å². The maximum atomic E-state index is 12.6. The van der Waals surface area contributed by atoms with Crippen molar-refractivity contribution in [2.24, 2.45) is 5.92 Å². The fraction of sp³-hybridized carbons (Fsp3) is 0.611. The summed E-state index contributed by atoms with van der Waals surface area (Å²) in [5, 5.41) is 3.23. The molecule has 0 spiro atoms. The molecule has 0 fully saturated rings. The lowest BCUT2D eigenvalue weighted by Gasteiger charge is -2.25. The van der Waals surface area contributed by atoms with E-state index in [2.05, 4.69) is 43.4 Å². The Labute approximate surface area is 129 Å². The van der Waals surface area contributed by atoms with E-state index in [0.29, 0.717) is 24.7 Å². The van der Waals surface area contributed by atoms with Crippen molar-refractivity contribution in [3.05, 3.63) is 35.4 Å². The summed E-state index contributed by atoms with van der Waals surface area (Å²) in [6, 6.07) is 8.31. The minimum Gasteiger partial charge on any atom is -0.380 e. The molecule has 1 aromatic rings. The summed E-state index contributed by atoms with van der Waals surface area (Å²) in [7, 11) is 3.65. The van der Waals surface area contributed by atoms with E-state index in [1.54, 1.807) is 7.11 Å². The van der Waals surface area contributed by atoms with Gasteiger partial charge in [0, 0.05) is 19.4 Å². The molecule has 0 radical (unpaired) electrons. The smallest absolute Gasteiger partial charge is 0.140 e. The van der Waals surface area contributed by atoms with Gasteiger partial charge in [-0.1, -0.05) is 44.5 Å². The Morgan fingerprint density at radius 1 is 1.24 bits per heavy atom. The maximum absolute atomic E-state index is 12.6. The molecule has 2 unspecified atom stereocenters. The van der Waals surface area contributed by atoms with Crippen molar-refractivity contribution in [3.63, 3.8) is 0 Å². The van der Waals surface area contributed by atoms with Crippen molar-refractivity contribution in [1.82, 2.24) is 5.32 Å². The molecule has 0 aromatic heterocycles.